The molecule has 0 aromatic heterocycles. The van der Waals surface area contributed by atoms with Crippen LogP contribution in [0.5, 0.6) is 0 Å². The van der Waals surface area contributed by atoms with E-state index in [4.69, 9.17) is 5.11 Å². The van der Waals surface area contributed by atoms with Gasteiger partial charge in [-0.2, -0.15) is 5.10 Å². The van der Waals surface area contributed by atoms with Crippen LogP contribution in [-0.2, 0) is 4.79 Å². The van der Waals surface area contributed by atoms with E-state index in [0.717, 1.165) is 0 Å². The molecule has 1 N–H and O–H groups in total. The molecule has 1 amide bonds. The summed E-state index contributed by atoms with van der Waals surface area (Å²) < 4.78 is 0. The van der Waals surface area contributed by atoms with Gasteiger partial charge < -0.3 is 5.11 Å². The Morgan fingerprint density at radius 2 is 1.75 bits per heavy atom. The first-order chi connectivity index (χ1) is 11.5. The molecular weight excluding hydrogens is 314 g/mol. The van der Waals surface area contributed by atoms with Crippen LogP contribution in [-0.4, -0.2) is 27.6 Å². The number of benzene rings is 2. The third-order valence-electron chi connectivity index (χ3n) is 3.55. The Labute approximate surface area is 135 Å². The number of rotatable bonds is 4. The SMILES string of the molecule is O=C(O)c1ccc(N2N=C(c3ccc([N+](=O)[O-])cc3)CC2=O)cc1. The van der Waals surface area contributed by atoms with Gasteiger partial charge in [0.25, 0.3) is 11.6 Å². The van der Waals surface area contributed by atoms with Crippen molar-refractivity contribution in [1.29, 1.82) is 0 Å². The number of anilines is 1. The molecule has 1 heterocycles. The molecule has 0 atom stereocenters. The van der Waals surface area contributed by atoms with E-state index in [1.165, 1.54) is 41.4 Å². The normalized spacial score (nSPS) is 13.8. The standard InChI is InChI=1S/C16H11N3O5/c20-15-9-14(10-1-7-13(8-2-10)19(23)24)17-18(15)12-5-3-11(4-6-12)16(21)22/h1-8H,9H2,(H,21,22). The molecule has 24 heavy (non-hydrogen) atoms. The summed E-state index contributed by atoms with van der Waals surface area (Å²) in [4.78, 5) is 33.2. The zero-order valence-electron chi connectivity index (χ0n) is 12.2. The fourth-order valence-corrected chi connectivity index (χ4v) is 2.31. The highest BCUT2D eigenvalue weighted by Gasteiger charge is 2.26. The third-order valence-corrected chi connectivity index (χ3v) is 3.55. The molecule has 0 saturated heterocycles. The number of nitrogens with zero attached hydrogens (tertiary/aromatic N) is 3. The van der Waals surface area contributed by atoms with Crippen LogP contribution in [0.1, 0.15) is 22.3 Å². The van der Waals surface area contributed by atoms with Crippen molar-refractivity contribution >= 4 is 29.0 Å². The number of carbonyl (C=O) groups excluding carboxylic acids is 1. The Bertz CT molecular complexity index is 856. The lowest BCUT2D eigenvalue weighted by atomic mass is 10.1. The molecule has 0 aliphatic carbocycles. The number of nitro groups is 1. The largest absolute Gasteiger partial charge is 0.478 e. The second kappa shape index (κ2) is 5.92. The van der Waals surface area contributed by atoms with E-state index in [9.17, 15) is 19.7 Å². The number of hydrazone groups is 1. The van der Waals surface area contributed by atoms with Gasteiger partial charge in [0.2, 0.25) is 0 Å². The van der Waals surface area contributed by atoms with E-state index in [1.807, 2.05) is 0 Å². The average molecular weight is 325 g/mol. The summed E-state index contributed by atoms with van der Waals surface area (Å²) in [5.41, 5.74) is 1.66. The Morgan fingerprint density at radius 1 is 1.12 bits per heavy atom. The third kappa shape index (κ3) is 2.84. The number of non-ortho nitro benzene ring substituents is 1. The van der Waals surface area contributed by atoms with Crippen molar-refractivity contribution in [2.45, 2.75) is 6.42 Å². The summed E-state index contributed by atoms with van der Waals surface area (Å²) in [5.74, 6) is -1.31. The van der Waals surface area contributed by atoms with Crippen LogP contribution in [0.2, 0.25) is 0 Å². The van der Waals surface area contributed by atoms with Crippen molar-refractivity contribution in [1.82, 2.24) is 0 Å². The summed E-state index contributed by atoms with van der Waals surface area (Å²) in [6, 6.07) is 11.6. The lowest BCUT2D eigenvalue weighted by Crippen LogP contribution is -2.19. The van der Waals surface area contributed by atoms with Crippen molar-refractivity contribution in [3.63, 3.8) is 0 Å². The van der Waals surface area contributed by atoms with E-state index in [2.05, 4.69) is 5.10 Å². The fraction of sp³-hybridized carbons (Fsp3) is 0.0625. The van der Waals surface area contributed by atoms with Crippen LogP contribution in [0, 0.1) is 10.1 Å². The van der Waals surface area contributed by atoms with E-state index in [0.29, 0.717) is 17.0 Å². The predicted molar refractivity (Wildman–Crippen MR) is 85.1 cm³/mol. The molecule has 8 heteroatoms. The number of carbonyl (C=O) groups is 2. The first-order valence-electron chi connectivity index (χ1n) is 6.94. The van der Waals surface area contributed by atoms with Crippen LogP contribution in [0.15, 0.2) is 53.6 Å². The van der Waals surface area contributed by atoms with Crippen LogP contribution < -0.4 is 5.01 Å². The van der Waals surface area contributed by atoms with Gasteiger partial charge in [-0.05, 0) is 42.0 Å². The van der Waals surface area contributed by atoms with Gasteiger partial charge >= 0.3 is 5.97 Å². The Kier molecular flexibility index (Phi) is 3.78. The van der Waals surface area contributed by atoms with E-state index < -0.39 is 10.9 Å². The zero-order chi connectivity index (χ0) is 17.3. The van der Waals surface area contributed by atoms with E-state index in [-0.39, 0.29) is 23.6 Å². The molecule has 3 rings (SSSR count). The molecule has 1 aliphatic heterocycles. The lowest BCUT2D eigenvalue weighted by molar-refractivity contribution is -0.384. The van der Waals surface area contributed by atoms with Gasteiger partial charge in [-0.1, -0.05) is 0 Å². The second-order valence-corrected chi connectivity index (χ2v) is 5.09. The Balaban J connectivity index is 1.87. The maximum atomic E-state index is 12.1. The number of carboxylic acid groups (broad SMARTS) is 1. The van der Waals surface area contributed by atoms with Gasteiger partial charge in [-0.15, -0.1) is 0 Å². The van der Waals surface area contributed by atoms with E-state index >= 15 is 0 Å². The summed E-state index contributed by atoms with van der Waals surface area (Å²) >= 11 is 0. The molecule has 0 radical (unpaired) electrons. The molecule has 0 bridgehead atoms. The van der Waals surface area contributed by atoms with Crippen molar-refractivity contribution in [2.75, 3.05) is 5.01 Å². The average Bonchev–Trinajstić information content (AvgIpc) is 2.97. The van der Waals surface area contributed by atoms with Crippen molar-refractivity contribution in [3.05, 3.63) is 69.8 Å². The predicted octanol–water partition coefficient (Wildman–Crippen LogP) is 2.43. The molecular formula is C16H11N3O5. The monoisotopic (exact) mass is 325 g/mol. The summed E-state index contributed by atoms with van der Waals surface area (Å²) in [7, 11) is 0. The van der Waals surface area contributed by atoms with Crippen LogP contribution >= 0.6 is 0 Å². The smallest absolute Gasteiger partial charge is 0.335 e. The van der Waals surface area contributed by atoms with Gasteiger partial charge in [-0.3, -0.25) is 14.9 Å². The van der Waals surface area contributed by atoms with Gasteiger partial charge in [-0.25, -0.2) is 9.80 Å². The number of aromatic carboxylic acids is 1. The summed E-state index contributed by atoms with van der Waals surface area (Å²) in [6.07, 6.45) is 0.0679. The highest BCUT2D eigenvalue weighted by Crippen LogP contribution is 2.24. The van der Waals surface area contributed by atoms with Crippen LogP contribution in [0.3, 0.4) is 0 Å². The molecule has 1 aliphatic rings. The van der Waals surface area contributed by atoms with Crippen LogP contribution in [0.25, 0.3) is 0 Å². The molecule has 0 spiro atoms. The molecule has 120 valence electrons. The molecule has 0 unspecified atom stereocenters. The maximum absolute atomic E-state index is 12.1. The van der Waals surface area contributed by atoms with Crippen molar-refractivity contribution < 1.29 is 19.6 Å². The first-order valence-corrected chi connectivity index (χ1v) is 6.94. The lowest BCUT2D eigenvalue weighted by Gasteiger charge is -2.11. The second-order valence-electron chi connectivity index (χ2n) is 5.09. The Morgan fingerprint density at radius 3 is 2.29 bits per heavy atom. The number of amides is 1. The van der Waals surface area contributed by atoms with Gasteiger partial charge in [0.1, 0.15) is 0 Å². The minimum Gasteiger partial charge on any atom is -0.478 e. The van der Waals surface area contributed by atoms with Gasteiger partial charge in [0.05, 0.1) is 28.3 Å². The molecule has 8 nitrogen and oxygen atoms in total. The van der Waals surface area contributed by atoms with Gasteiger partial charge in [0, 0.05) is 12.1 Å². The Hall–Kier alpha value is -3.55. The summed E-state index contributed by atoms with van der Waals surface area (Å²) in [6.45, 7) is 0. The minimum atomic E-state index is -1.05. The zero-order valence-corrected chi connectivity index (χ0v) is 12.2. The number of nitro benzene ring substituents is 1. The molecule has 2 aromatic carbocycles. The highest BCUT2D eigenvalue weighted by molar-refractivity contribution is 6.19. The van der Waals surface area contributed by atoms with E-state index in [1.54, 1.807) is 12.1 Å². The number of carboxylic acids is 1. The van der Waals surface area contributed by atoms with Crippen LogP contribution in [0.4, 0.5) is 11.4 Å². The van der Waals surface area contributed by atoms with Crippen molar-refractivity contribution in [3.8, 4) is 0 Å². The fourth-order valence-electron chi connectivity index (χ4n) is 2.31. The molecule has 2 aromatic rings. The summed E-state index contributed by atoms with van der Waals surface area (Å²) in [5, 5.41) is 25.0. The minimum absolute atomic E-state index is 0.0372. The maximum Gasteiger partial charge on any atom is 0.335 e. The molecule has 0 fully saturated rings. The number of hydrogen-bond donors (Lipinski definition) is 1. The molecule has 0 saturated carbocycles. The highest BCUT2D eigenvalue weighted by atomic mass is 16.6. The number of hydrogen-bond acceptors (Lipinski definition) is 5. The topological polar surface area (TPSA) is 113 Å². The first kappa shape index (κ1) is 15.3. The van der Waals surface area contributed by atoms with Gasteiger partial charge in [0.15, 0.2) is 0 Å². The quantitative estimate of drug-likeness (QED) is 0.685. The van der Waals surface area contributed by atoms with Crippen molar-refractivity contribution in [2.24, 2.45) is 5.10 Å².